The maximum absolute atomic E-state index is 14.8. The molecule has 1 unspecified atom stereocenters. The molecule has 0 saturated carbocycles. The van der Waals surface area contributed by atoms with Crippen LogP contribution < -0.4 is 0 Å². The summed E-state index contributed by atoms with van der Waals surface area (Å²) in [7, 11) is -2.87. The molecule has 0 radical (unpaired) electrons. The van der Waals surface area contributed by atoms with E-state index in [2.05, 4.69) is 11.1 Å². The first kappa shape index (κ1) is 30.1. The van der Waals surface area contributed by atoms with Crippen molar-refractivity contribution < 1.29 is 19.0 Å². The third-order valence-corrected chi connectivity index (χ3v) is 11.0. The van der Waals surface area contributed by atoms with Gasteiger partial charge in [-0.2, -0.15) is 0 Å². The van der Waals surface area contributed by atoms with Crippen LogP contribution in [0.15, 0.2) is 66.7 Å². The fourth-order valence-electron chi connectivity index (χ4n) is 6.48. The summed E-state index contributed by atoms with van der Waals surface area (Å²) in [5.74, 6) is 0.123. The van der Waals surface area contributed by atoms with E-state index < -0.39 is 16.2 Å². The summed E-state index contributed by atoms with van der Waals surface area (Å²) < 4.78 is 23.3. The molecule has 2 aromatic carbocycles. The molecule has 3 heterocycles. The Morgan fingerprint density at radius 3 is 2.41 bits per heavy atom. The number of aromatic hydroxyl groups is 1. The van der Waals surface area contributed by atoms with Crippen molar-refractivity contribution in [1.82, 2.24) is 14.2 Å². The molecule has 1 amide bonds. The molecule has 0 bridgehead atoms. The van der Waals surface area contributed by atoms with Gasteiger partial charge in [-0.15, -0.1) is 10.8 Å². The average molecular weight is 619 g/mol. The van der Waals surface area contributed by atoms with Crippen LogP contribution in [0.1, 0.15) is 61.9 Å². The molecule has 4 atom stereocenters. The van der Waals surface area contributed by atoms with E-state index in [0.29, 0.717) is 60.3 Å². The molecule has 41 heavy (non-hydrogen) atoms. The molecule has 1 aromatic heterocycles. The Balaban J connectivity index is 1.65. The summed E-state index contributed by atoms with van der Waals surface area (Å²) in [4.78, 5) is 21.1. The van der Waals surface area contributed by atoms with Crippen molar-refractivity contribution >= 4 is 39.9 Å². The highest BCUT2D eigenvalue weighted by molar-refractivity contribution is 8.22. The summed E-state index contributed by atoms with van der Waals surface area (Å²) >= 11 is 12.8. The molecule has 220 valence electrons. The molecule has 3 N–H and O–H groups in total. The third-order valence-electron chi connectivity index (χ3n) is 8.47. The number of nitrogens with zero attached hydrogens (tertiary/aromatic N) is 3. The molecular formula is C31H37Cl2N3O4S. The lowest BCUT2D eigenvalue weighted by molar-refractivity contribution is -0.155. The van der Waals surface area contributed by atoms with Crippen molar-refractivity contribution in [1.29, 1.82) is 0 Å². The molecule has 3 aromatic rings. The summed E-state index contributed by atoms with van der Waals surface area (Å²) in [6, 6.07) is 19.9. The van der Waals surface area contributed by atoms with Crippen LogP contribution in [0.2, 0.25) is 10.0 Å². The van der Waals surface area contributed by atoms with E-state index in [1.165, 1.54) is 6.07 Å². The molecule has 7 nitrogen and oxygen atoms in total. The lowest BCUT2D eigenvalue weighted by Crippen LogP contribution is -2.58. The highest BCUT2D eigenvalue weighted by Crippen LogP contribution is 2.53. The second kappa shape index (κ2) is 12.1. The lowest BCUT2D eigenvalue weighted by atomic mass is 9.66. The van der Waals surface area contributed by atoms with E-state index in [-0.39, 0.29) is 29.8 Å². The fraction of sp³-hybridized carbons (Fsp3) is 0.419. The van der Waals surface area contributed by atoms with Crippen LogP contribution in [0.3, 0.4) is 0 Å². The Bertz CT molecular complexity index is 1390. The number of pyridine rings is 1. The first-order valence-corrected chi connectivity index (χ1v) is 16.4. The standard InChI is InChI=1S/C31H37Cl2N3O4S/c1-3-26(20-35-15-6-16-41(35,39)40)36-29(21-11-13-23(32)14-12-21)27(22-7-4-8-24(33)17-22)19-31(2,30(36)38)18-25-9-5-10-28(37)34-25/h4-5,7-14,17,26-27,29,39-40H,3,6,15-16,18-20H2,1-2H3,(H,34,37)/t26-,27?,29+,31-/m0/s1. The van der Waals surface area contributed by atoms with E-state index in [1.54, 1.807) is 10.4 Å². The SMILES string of the molecule is CC[C@@H](CN1CCCS1(O)O)N1C(=O)[C@@](C)(Cc2cccc(O)n2)CC(c2cccc(Cl)c2)[C@H]1c1ccc(Cl)cc1. The van der Waals surface area contributed by atoms with E-state index in [9.17, 15) is 19.0 Å². The van der Waals surface area contributed by atoms with Gasteiger partial charge < -0.3 is 10.0 Å². The predicted molar refractivity (Wildman–Crippen MR) is 166 cm³/mol. The first-order chi connectivity index (χ1) is 19.5. The van der Waals surface area contributed by atoms with Gasteiger partial charge in [0.05, 0.1) is 17.2 Å². The van der Waals surface area contributed by atoms with Crippen LogP contribution >= 0.6 is 34.0 Å². The Morgan fingerprint density at radius 2 is 1.78 bits per heavy atom. The van der Waals surface area contributed by atoms with Crippen molar-refractivity contribution in [3.63, 3.8) is 0 Å². The zero-order chi connectivity index (χ0) is 29.4. The number of hydrogen-bond donors (Lipinski definition) is 3. The monoisotopic (exact) mass is 617 g/mol. The van der Waals surface area contributed by atoms with Gasteiger partial charge in [-0.3, -0.25) is 13.9 Å². The lowest BCUT2D eigenvalue weighted by Gasteiger charge is -2.53. The number of benzene rings is 2. The number of halogens is 2. The Hall–Kier alpha value is -2.33. The van der Waals surface area contributed by atoms with Crippen molar-refractivity contribution in [2.24, 2.45) is 5.41 Å². The van der Waals surface area contributed by atoms with Crippen molar-refractivity contribution in [2.45, 2.75) is 57.5 Å². The highest BCUT2D eigenvalue weighted by Gasteiger charge is 2.52. The molecule has 0 aliphatic carbocycles. The van der Waals surface area contributed by atoms with Gasteiger partial charge in [-0.25, -0.2) is 9.29 Å². The second-order valence-corrected chi connectivity index (χ2v) is 14.5. The van der Waals surface area contributed by atoms with Gasteiger partial charge >= 0.3 is 0 Å². The summed E-state index contributed by atoms with van der Waals surface area (Å²) in [5, 5.41) is 11.3. The van der Waals surface area contributed by atoms with Crippen LogP contribution in [0.5, 0.6) is 5.88 Å². The van der Waals surface area contributed by atoms with Gasteiger partial charge in [-0.1, -0.05) is 67.4 Å². The molecule has 2 aliphatic rings. The van der Waals surface area contributed by atoms with Gasteiger partial charge in [0.15, 0.2) is 0 Å². The van der Waals surface area contributed by atoms with Crippen LogP contribution in [0.4, 0.5) is 0 Å². The number of carbonyl (C=O) groups is 1. The topological polar surface area (TPSA) is 97.1 Å². The van der Waals surface area contributed by atoms with Gasteiger partial charge in [0.1, 0.15) is 0 Å². The van der Waals surface area contributed by atoms with Crippen LogP contribution in [0.25, 0.3) is 0 Å². The molecule has 5 rings (SSSR count). The minimum Gasteiger partial charge on any atom is -0.493 e. The zero-order valence-electron chi connectivity index (χ0n) is 23.3. The average Bonchev–Trinajstić information content (AvgIpc) is 3.26. The molecule has 2 fully saturated rings. The summed E-state index contributed by atoms with van der Waals surface area (Å²) in [6.45, 7) is 4.95. The minimum absolute atomic E-state index is 0.0246. The van der Waals surface area contributed by atoms with Gasteiger partial charge in [0.25, 0.3) is 0 Å². The highest BCUT2D eigenvalue weighted by atomic mass is 35.5. The van der Waals surface area contributed by atoms with Gasteiger partial charge in [0, 0.05) is 53.3 Å². The Morgan fingerprint density at radius 1 is 1.05 bits per heavy atom. The maximum Gasteiger partial charge on any atom is 0.229 e. The number of rotatable bonds is 8. The van der Waals surface area contributed by atoms with Crippen LogP contribution in [-0.2, 0) is 11.2 Å². The Kier molecular flexibility index (Phi) is 8.90. The smallest absolute Gasteiger partial charge is 0.229 e. The van der Waals surface area contributed by atoms with Crippen LogP contribution in [0, 0.1) is 5.41 Å². The summed E-state index contributed by atoms with van der Waals surface area (Å²) in [5.41, 5.74) is 1.76. The number of carbonyl (C=O) groups excluding carboxylic acids is 1. The van der Waals surface area contributed by atoms with E-state index in [4.69, 9.17) is 23.2 Å². The predicted octanol–water partition coefficient (Wildman–Crippen LogP) is 7.55. The first-order valence-electron chi connectivity index (χ1n) is 14.0. The van der Waals surface area contributed by atoms with E-state index in [0.717, 1.165) is 11.1 Å². The number of hydrogen-bond acceptors (Lipinski definition) is 6. The number of piperidine rings is 1. The number of amides is 1. The Labute approximate surface area is 253 Å². The molecule has 10 heteroatoms. The van der Waals surface area contributed by atoms with Crippen molar-refractivity contribution in [3.8, 4) is 5.88 Å². The summed E-state index contributed by atoms with van der Waals surface area (Å²) in [6.07, 6.45) is 2.21. The van der Waals surface area contributed by atoms with Crippen LogP contribution in [-0.4, -0.2) is 59.2 Å². The van der Waals surface area contributed by atoms with Crippen molar-refractivity contribution in [3.05, 3.63) is 93.6 Å². The van der Waals surface area contributed by atoms with E-state index in [1.807, 2.05) is 67.3 Å². The minimum atomic E-state index is -2.87. The molecule has 2 aliphatic heterocycles. The van der Waals surface area contributed by atoms with Gasteiger partial charge in [0.2, 0.25) is 11.8 Å². The largest absolute Gasteiger partial charge is 0.493 e. The molecular weight excluding hydrogens is 581 g/mol. The van der Waals surface area contributed by atoms with E-state index >= 15 is 0 Å². The van der Waals surface area contributed by atoms with Crippen molar-refractivity contribution in [2.75, 3.05) is 18.8 Å². The molecule has 2 saturated heterocycles. The quantitative estimate of drug-likeness (QED) is 0.241. The number of aromatic nitrogens is 1. The fourth-order valence-corrected chi connectivity index (χ4v) is 8.41. The molecule has 0 spiro atoms. The second-order valence-electron chi connectivity index (χ2n) is 11.4. The normalized spacial score (nSPS) is 26.2. The maximum atomic E-state index is 14.8. The third kappa shape index (κ3) is 6.38. The zero-order valence-corrected chi connectivity index (χ0v) is 25.6. The van der Waals surface area contributed by atoms with Gasteiger partial charge in [-0.05, 0) is 60.7 Å². The number of likely N-dealkylation sites (tertiary alicyclic amines) is 1.